The highest BCUT2D eigenvalue weighted by Crippen LogP contribution is 2.36. The van der Waals surface area contributed by atoms with Gasteiger partial charge < -0.3 is 14.5 Å². The molecule has 0 spiro atoms. The van der Waals surface area contributed by atoms with E-state index in [-0.39, 0.29) is 24.5 Å². The molecule has 0 aromatic carbocycles. The Hall–Kier alpha value is -2.25. The van der Waals surface area contributed by atoms with Gasteiger partial charge in [-0.05, 0) is 37.1 Å². The van der Waals surface area contributed by atoms with Crippen molar-refractivity contribution in [1.82, 2.24) is 14.8 Å². The summed E-state index contributed by atoms with van der Waals surface area (Å²) in [7, 11) is 3.35. The van der Waals surface area contributed by atoms with Crippen molar-refractivity contribution in [1.29, 1.82) is 0 Å². The van der Waals surface area contributed by atoms with E-state index < -0.39 is 0 Å². The first kappa shape index (κ1) is 19.5. The van der Waals surface area contributed by atoms with Crippen molar-refractivity contribution in [2.45, 2.75) is 25.3 Å². The fraction of sp³-hybridized carbons (Fsp3) is 0.450. The molecule has 27 heavy (non-hydrogen) atoms. The number of ether oxygens (including phenoxy) is 1. The van der Waals surface area contributed by atoms with Crippen molar-refractivity contribution in [3.8, 4) is 0 Å². The highest BCUT2D eigenvalue weighted by molar-refractivity contribution is 7.14. The molecule has 1 saturated heterocycles. The van der Waals surface area contributed by atoms with E-state index in [1.165, 1.54) is 18.4 Å². The van der Waals surface area contributed by atoms with Crippen molar-refractivity contribution in [3.63, 3.8) is 0 Å². The van der Waals surface area contributed by atoms with E-state index in [9.17, 15) is 9.59 Å². The number of nitrogens with zero attached hydrogens (tertiary/aromatic N) is 3. The Kier molecular flexibility index (Phi) is 6.58. The van der Waals surface area contributed by atoms with E-state index in [0.717, 1.165) is 36.4 Å². The number of carbonyl (C=O) groups excluding carboxylic acids is 2. The number of likely N-dealkylation sites (tertiary alicyclic amines) is 1. The van der Waals surface area contributed by atoms with Crippen LogP contribution in [0.1, 0.15) is 39.1 Å². The van der Waals surface area contributed by atoms with Crippen molar-refractivity contribution < 1.29 is 14.3 Å². The van der Waals surface area contributed by atoms with Crippen LogP contribution in [0.15, 0.2) is 36.5 Å². The molecule has 2 amide bonds. The summed E-state index contributed by atoms with van der Waals surface area (Å²) in [5.41, 5.74) is 0.974. The Bertz CT molecular complexity index is 778. The minimum absolute atomic E-state index is 0.00811. The predicted molar refractivity (Wildman–Crippen MR) is 105 cm³/mol. The van der Waals surface area contributed by atoms with Gasteiger partial charge in [-0.2, -0.15) is 0 Å². The zero-order valence-electron chi connectivity index (χ0n) is 15.8. The molecule has 0 unspecified atom stereocenters. The molecule has 2 aromatic rings. The summed E-state index contributed by atoms with van der Waals surface area (Å²) in [5.74, 6) is 0.0173. The van der Waals surface area contributed by atoms with Gasteiger partial charge in [-0.1, -0.05) is 6.07 Å². The number of hydrogen-bond donors (Lipinski definition) is 0. The Labute approximate surface area is 163 Å². The Morgan fingerprint density at radius 2 is 2.19 bits per heavy atom. The second-order valence-corrected chi connectivity index (χ2v) is 7.79. The van der Waals surface area contributed by atoms with Crippen LogP contribution in [0.5, 0.6) is 0 Å². The third-order valence-electron chi connectivity index (χ3n) is 4.78. The molecule has 0 bridgehead atoms. The maximum absolute atomic E-state index is 12.7. The maximum atomic E-state index is 12.7. The number of rotatable bonds is 7. The molecule has 7 heteroatoms. The van der Waals surface area contributed by atoms with Crippen molar-refractivity contribution in [3.05, 3.63) is 52.0 Å². The Morgan fingerprint density at radius 3 is 2.93 bits per heavy atom. The number of thiophene rings is 1. The number of amides is 2. The molecule has 1 atom stereocenters. The van der Waals surface area contributed by atoms with E-state index in [1.54, 1.807) is 11.1 Å². The highest BCUT2D eigenvalue weighted by Gasteiger charge is 2.31. The molecule has 1 aliphatic rings. The number of pyridine rings is 1. The molecule has 3 rings (SSSR count). The number of likely N-dealkylation sites (N-methyl/N-ethyl adjacent to an activating group) is 1. The molecule has 1 fully saturated rings. The highest BCUT2D eigenvalue weighted by atomic mass is 32.1. The summed E-state index contributed by atoms with van der Waals surface area (Å²) in [5, 5.41) is 0. The van der Waals surface area contributed by atoms with Gasteiger partial charge in [0.15, 0.2) is 0 Å². The monoisotopic (exact) mass is 387 g/mol. The topological polar surface area (TPSA) is 62.7 Å². The smallest absolute Gasteiger partial charge is 0.263 e. The van der Waals surface area contributed by atoms with Gasteiger partial charge in [0.2, 0.25) is 5.91 Å². The van der Waals surface area contributed by atoms with Crippen LogP contribution >= 0.6 is 11.3 Å². The average molecular weight is 388 g/mol. The quantitative estimate of drug-likeness (QED) is 0.733. The molecule has 144 valence electrons. The first-order chi connectivity index (χ1) is 13.1. The lowest BCUT2D eigenvalue weighted by atomic mass is 10.2. The maximum Gasteiger partial charge on any atom is 0.263 e. The third kappa shape index (κ3) is 4.73. The summed E-state index contributed by atoms with van der Waals surface area (Å²) in [6.07, 6.45) is 4.40. The second-order valence-electron chi connectivity index (χ2n) is 6.68. The number of carbonyl (C=O) groups is 2. The van der Waals surface area contributed by atoms with E-state index in [2.05, 4.69) is 4.98 Å². The molecule has 0 radical (unpaired) electrons. The normalized spacial score (nSPS) is 16.5. The van der Waals surface area contributed by atoms with Crippen LogP contribution in [0.2, 0.25) is 0 Å². The average Bonchev–Trinajstić information content (AvgIpc) is 3.35. The minimum Gasteiger partial charge on any atom is -0.375 e. The van der Waals surface area contributed by atoms with Crippen LogP contribution in [-0.4, -0.2) is 60.5 Å². The van der Waals surface area contributed by atoms with Gasteiger partial charge in [0.1, 0.15) is 6.61 Å². The zero-order chi connectivity index (χ0) is 19.2. The Morgan fingerprint density at radius 1 is 1.33 bits per heavy atom. The van der Waals surface area contributed by atoms with Gasteiger partial charge in [-0.25, -0.2) is 0 Å². The van der Waals surface area contributed by atoms with Gasteiger partial charge in [0, 0.05) is 50.4 Å². The number of hydrogen-bond acceptors (Lipinski definition) is 5. The first-order valence-electron chi connectivity index (χ1n) is 9.13. The fourth-order valence-electron chi connectivity index (χ4n) is 3.33. The first-order valence-corrected chi connectivity index (χ1v) is 9.95. The van der Waals surface area contributed by atoms with E-state index in [4.69, 9.17) is 4.74 Å². The summed E-state index contributed by atoms with van der Waals surface area (Å²) in [4.78, 5) is 34.6. The minimum atomic E-state index is 0.00811. The zero-order valence-corrected chi connectivity index (χ0v) is 16.6. The summed E-state index contributed by atoms with van der Waals surface area (Å²) in [6, 6.07) is 9.71. The van der Waals surface area contributed by atoms with Gasteiger partial charge in [-0.15, -0.1) is 11.3 Å². The largest absolute Gasteiger partial charge is 0.375 e. The summed E-state index contributed by atoms with van der Waals surface area (Å²) >= 11 is 1.49. The molecule has 0 saturated carbocycles. The van der Waals surface area contributed by atoms with Crippen molar-refractivity contribution >= 4 is 23.2 Å². The third-order valence-corrected chi connectivity index (χ3v) is 5.96. The molecular weight excluding hydrogens is 362 g/mol. The van der Waals surface area contributed by atoms with E-state index in [1.807, 2.05) is 42.3 Å². The lowest BCUT2D eigenvalue weighted by Crippen LogP contribution is -2.33. The predicted octanol–water partition coefficient (Wildman–Crippen LogP) is 2.77. The standard InChI is InChI=1S/C20H25N3O3S/c1-22(13-10-15-6-3-4-11-21-15)20(25)18-9-8-17(27-18)16-7-5-12-23(16)19(24)14-26-2/h3-4,6,8-9,11,16H,5,7,10,12-14H2,1-2H3/t16-/m0/s1. The molecule has 0 N–H and O–H groups in total. The molecule has 2 aromatic heterocycles. The summed E-state index contributed by atoms with van der Waals surface area (Å²) < 4.78 is 4.98. The van der Waals surface area contributed by atoms with Gasteiger partial charge in [-0.3, -0.25) is 14.6 Å². The van der Waals surface area contributed by atoms with Crippen LogP contribution < -0.4 is 0 Å². The van der Waals surface area contributed by atoms with Gasteiger partial charge in [0.25, 0.3) is 5.91 Å². The molecule has 6 nitrogen and oxygen atoms in total. The van der Waals surface area contributed by atoms with Gasteiger partial charge >= 0.3 is 0 Å². The lowest BCUT2D eigenvalue weighted by Gasteiger charge is -2.23. The molecule has 3 heterocycles. The summed E-state index contributed by atoms with van der Waals surface area (Å²) in [6.45, 7) is 1.47. The molecule has 0 aliphatic carbocycles. The number of aromatic nitrogens is 1. The number of methoxy groups -OCH3 is 1. The molecular formula is C20H25N3O3S. The van der Waals surface area contributed by atoms with Crippen molar-refractivity contribution in [2.24, 2.45) is 0 Å². The second kappa shape index (κ2) is 9.10. The van der Waals surface area contributed by atoms with E-state index >= 15 is 0 Å². The fourth-order valence-corrected chi connectivity index (χ4v) is 4.48. The SMILES string of the molecule is COCC(=O)N1CCC[C@H]1c1ccc(C(=O)N(C)CCc2ccccn2)s1. The van der Waals surface area contributed by atoms with Gasteiger partial charge in [0.05, 0.1) is 10.9 Å². The lowest BCUT2D eigenvalue weighted by molar-refractivity contribution is -0.136. The van der Waals surface area contributed by atoms with Crippen LogP contribution in [0, 0.1) is 0 Å². The van der Waals surface area contributed by atoms with Crippen LogP contribution in [0.3, 0.4) is 0 Å². The van der Waals surface area contributed by atoms with Crippen LogP contribution in [0.4, 0.5) is 0 Å². The van der Waals surface area contributed by atoms with Crippen LogP contribution in [-0.2, 0) is 16.0 Å². The van der Waals surface area contributed by atoms with E-state index in [0.29, 0.717) is 11.4 Å². The van der Waals surface area contributed by atoms with Crippen LogP contribution in [0.25, 0.3) is 0 Å². The van der Waals surface area contributed by atoms with Crippen molar-refractivity contribution in [2.75, 3.05) is 33.9 Å². The molecule has 1 aliphatic heterocycles. The Balaban J connectivity index is 1.62.